The van der Waals surface area contributed by atoms with Crippen LogP contribution in [-0.4, -0.2) is 57.1 Å². The fraction of sp³-hybridized carbons (Fsp3) is 0.550. The molecule has 0 saturated carbocycles. The fourth-order valence-corrected chi connectivity index (χ4v) is 4.48. The van der Waals surface area contributed by atoms with E-state index >= 15 is 0 Å². The van der Waals surface area contributed by atoms with Gasteiger partial charge < -0.3 is 18.9 Å². The Morgan fingerprint density at radius 2 is 2.11 bits per heavy atom. The molecule has 0 saturated heterocycles. The summed E-state index contributed by atoms with van der Waals surface area (Å²) in [6, 6.07) is 7.64. The van der Waals surface area contributed by atoms with E-state index in [9.17, 15) is 4.79 Å². The maximum absolute atomic E-state index is 12.8. The Bertz CT molecular complexity index is 826. The third-order valence-corrected chi connectivity index (χ3v) is 6.08. The zero-order valence-electron chi connectivity index (χ0n) is 16.2. The molecule has 150 valence electrons. The van der Waals surface area contributed by atoms with Crippen LogP contribution in [0, 0.1) is 0 Å². The molecule has 1 atom stereocenters. The van der Waals surface area contributed by atoms with E-state index in [4.69, 9.17) is 9.47 Å². The molecule has 0 radical (unpaired) electrons. The Morgan fingerprint density at radius 3 is 2.96 bits per heavy atom. The van der Waals surface area contributed by atoms with Gasteiger partial charge in [-0.1, -0.05) is 30.3 Å². The van der Waals surface area contributed by atoms with E-state index in [0.29, 0.717) is 25.4 Å². The molecule has 1 aromatic carbocycles. The van der Waals surface area contributed by atoms with Crippen LogP contribution in [0.15, 0.2) is 29.4 Å². The number of aromatic nitrogens is 3. The summed E-state index contributed by atoms with van der Waals surface area (Å²) in [6.07, 6.45) is 4.35. The number of para-hydroxylation sites is 2. The van der Waals surface area contributed by atoms with E-state index in [1.54, 1.807) is 0 Å². The van der Waals surface area contributed by atoms with Crippen molar-refractivity contribution in [1.29, 1.82) is 0 Å². The second-order valence-corrected chi connectivity index (χ2v) is 8.02. The van der Waals surface area contributed by atoms with Crippen LogP contribution in [-0.2, 0) is 17.8 Å². The monoisotopic (exact) mass is 402 g/mol. The molecule has 3 heterocycles. The number of carbonyl (C=O) groups excluding carboxylic acids is 1. The maximum Gasteiger partial charge on any atom is 0.233 e. The van der Waals surface area contributed by atoms with E-state index in [-0.39, 0.29) is 12.0 Å². The van der Waals surface area contributed by atoms with Crippen LogP contribution < -0.4 is 9.47 Å². The van der Waals surface area contributed by atoms with E-state index in [1.165, 1.54) is 18.2 Å². The molecule has 4 rings (SSSR count). The molecule has 7 nitrogen and oxygen atoms in total. The van der Waals surface area contributed by atoms with Gasteiger partial charge in [-0.25, -0.2) is 0 Å². The maximum atomic E-state index is 12.8. The molecule has 1 aromatic heterocycles. The Labute approximate surface area is 169 Å². The predicted octanol–water partition coefficient (Wildman–Crippen LogP) is 2.79. The standard InChI is InChI=1S/C20H26N4O3S/c1-2-23(12-15-13-26-16-8-5-6-9-17(16)27-15)19(25)14-28-20-22-21-18-10-4-3-7-11-24(18)20/h5-6,8-9,15H,2-4,7,10-14H2,1H3. The fourth-order valence-electron chi connectivity index (χ4n) is 3.59. The highest BCUT2D eigenvalue weighted by Crippen LogP contribution is 2.31. The van der Waals surface area contributed by atoms with Crippen molar-refractivity contribution in [2.45, 2.75) is 50.4 Å². The van der Waals surface area contributed by atoms with E-state index < -0.39 is 0 Å². The summed E-state index contributed by atoms with van der Waals surface area (Å²) >= 11 is 1.48. The molecule has 28 heavy (non-hydrogen) atoms. The minimum Gasteiger partial charge on any atom is -0.486 e. The van der Waals surface area contributed by atoms with Gasteiger partial charge in [0.2, 0.25) is 5.91 Å². The molecule has 0 spiro atoms. The van der Waals surface area contributed by atoms with Crippen molar-refractivity contribution < 1.29 is 14.3 Å². The van der Waals surface area contributed by atoms with Crippen LogP contribution in [0.1, 0.15) is 32.0 Å². The highest BCUT2D eigenvalue weighted by Gasteiger charge is 2.25. The van der Waals surface area contributed by atoms with Gasteiger partial charge in [-0.15, -0.1) is 10.2 Å². The van der Waals surface area contributed by atoms with Gasteiger partial charge in [0.05, 0.1) is 12.3 Å². The summed E-state index contributed by atoms with van der Waals surface area (Å²) in [6.45, 7) is 4.54. The molecule has 0 N–H and O–H groups in total. The molecular formula is C20H26N4O3S. The summed E-state index contributed by atoms with van der Waals surface area (Å²) in [5.74, 6) is 2.99. The van der Waals surface area contributed by atoms with Crippen molar-refractivity contribution >= 4 is 17.7 Å². The topological polar surface area (TPSA) is 69.5 Å². The van der Waals surface area contributed by atoms with Gasteiger partial charge in [-0.3, -0.25) is 4.79 Å². The molecule has 1 unspecified atom stereocenters. The van der Waals surface area contributed by atoms with Gasteiger partial charge in [0, 0.05) is 19.5 Å². The lowest BCUT2D eigenvalue weighted by Gasteiger charge is -2.30. The normalized spacial score (nSPS) is 18.2. The molecule has 1 amide bonds. The van der Waals surface area contributed by atoms with E-state index in [2.05, 4.69) is 14.8 Å². The minimum absolute atomic E-state index is 0.0842. The van der Waals surface area contributed by atoms with Gasteiger partial charge in [0.1, 0.15) is 12.4 Å². The molecule has 0 bridgehead atoms. The number of carbonyl (C=O) groups is 1. The van der Waals surface area contributed by atoms with Crippen molar-refractivity contribution in [2.24, 2.45) is 0 Å². The third-order valence-electron chi connectivity index (χ3n) is 5.13. The summed E-state index contributed by atoms with van der Waals surface area (Å²) in [5.41, 5.74) is 0. The highest BCUT2D eigenvalue weighted by molar-refractivity contribution is 7.99. The van der Waals surface area contributed by atoms with Gasteiger partial charge in [-0.05, 0) is 31.9 Å². The first-order valence-corrected chi connectivity index (χ1v) is 10.9. The molecule has 0 aliphatic carbocycles. The van der Waals surface area contributed by atoms with E-state index in [1.807, 2.05) is 36.1 Å². The summed E-state index contributed by atoms with van der Waals surface area (Å²) < 4.78 is 13.9. The third kappa shape index (κ3) is 4.27. The second-order valence-electron chi connectivity index (χ2n) is 7.08. The van der Waals surface area contributed by atoms with Crippen LogP contribution >= 0.6 is 11.8 Å². The lowest BCUT2D eigenvalue weighted by Crippen LogP contribution is -2.44. The number of benzene rings is 1. The van der Waals surface area contributed by atoms with Crippen molar-refractivity contribution in [3.05, 3.63) is 30.1 Å². The largest absolute Gasteiger partial charge is 0.486 e. The Hall–Kier alpha value is -2.22. The quantitative estimate of drug-likeness (QED) is 0.692. The van der Waals surface area contributed by atoms with E-state index in [0.717, 1.165) is 48.3 Å². The summed E-state index contributed by atoms with van der Waals surface area (Å²) in [4.78, 5) is 14.6. The number of fused-ring (bicyclic) bond motifs is 2. The smallest absolute Gasteiger partial charge is 0.233 e. The number of amides is 1. The molecule has 2 aliphatic heterocycles. The van der Waals surface area contributed by atoms with Crippen molar-refractivity contribution in [2.75, 3.05) is 25.4 Å². The van der Waals surface area contributed by atoms with Crippen LogP contribution in [0.2, 0.25) is 0 Å². The second kappa shape index (κ2) is 8.86. The van der Waals surface area contributed by atoms with Crippen LogP contribution in [0.4, 0.5) is 0 Å². The first-order valence-electron chi connectivity index (χ1n) is 9.95. The molecule has 2 aromatic rings. The summed E-state index contributed by atoms with van der Waals surface area (Å²) in [7, 11) is 0. The van der Waals surface area contributed by atoms with Crippen molar-refractivity contribution in [3.63, 3.8) is 0 Å². The zero-order valence-corrected chi connectivity index (χ0v) is 17.0. The lowest BCUT2D eigenvalue weighted by molar-refractivity contribution is -0.129. The summed E-state index contributed by atoms with van der Waals surface area (Å²) in [5, 5.41) is 9.46. The first-order chi connectivity index (χ1) is 13.7. The molecule has 0 fully saturated rings. The first kappa shape index (κ1) is 19.1. The van der Waals surface area contributed by atoms with Crippen LogP contribution in [0.3, 0.4) is 0 Å². The average molecular weight is 403 g/mol. The van der Waals surface area contributed by atoms with Gasteiger partial charge in [0.25, 0.3) is 0 Å². The average Bonchev–Trinajstić information content (AvgIpc) is 2.96. The van der Waals surface area contributed by atoms with Crippen LogP contribution in [0.25, 0.3) is 0 Å². The Kier molecular flexibility index (Phi) is 6.04. The van der Waals surface area contributed by atoms with Crippen molar-refractivity contribution in [1.82, 2.24) is 19.7 Å². The number of nitrogens with zero attached hydrogens (tertiary/aromatic N) is 4. The molecule has 8 heteroatoms. The number of ether oxygens (including phenoxy) is 2. The zero-order chi connectivity index (χ0) is 19.3. The van der Waals surface area contributed by atoms with Gasteiger partial charge in [-0.2, -0.15) is 0 Å². The number of aryl methyl sites for hydroxylation is 1. The number of likely N-dealkylation sites (N-methyl/N-ethyl adjacent to an activating group) is 1. The van der Waals surface area contributed by atoms with Crippen molar-refractivity contribution in [3.8, 4) is 11.5 Å². The molecular weight excluding hydrogens is 376 g/mol. The lowest BCUT2D eigenvalue weighted by atomic mass is 10.2. The predicted molar refractivity (Wildman–Crippen MR) is 107 cm³/mol. The number of hydrogen-bond acceptors (Lipinski definition) is 6. The minimum atomic E-state index is -0.159. The number of rotatable bonds is 6. The van der Waals surface area contributed by atoms with Gasteiger partial charge in [0.15, 0.2) is 22.8 Å². The van der Waals surface area contributed by atoms with Gasteiger partial charge >= 0.3 is 0 Å². The number of hydrogen-bond donors (Lipinski definition) is 0. The number of thioether (sulfide) groups is 1. The van der Waals surface area contributed by atoms with Crippen LogP contribution in [0.5, 0.6) is 11.5 Å². The molecule has 2 aliphatic rings. The highest BCUT2D eigenvalue weighted by atomic mass is 32.2. The SMILES string of the molecule is CCN(CC1COc2ccccc2O1)C(=O)CSc1nnc2n1CCCCC2. The Balaban J connectivity index is 1.33. The Morgan fingerprint density at radius 1 is 1.25 bits per heavy atom.